The number of aryl methyl sites for hydroxylation is 1. The molecule has 0 atom stereocenters. The number of carbonyl (C=O) groups is 3. The molecular weight excluding hydrogens is 453 g/mol. The molecule has 8 nitrogen and oxygen atoms in total. The molecule has 172 valence electrons. The molecule has 0 fully saturated rings. The van der Waals surface area contributed by atoms with Crippen LogP contribution in [0.1, 0.15) is 39.7 Å². The summed E-state index contributed by atoms with van der Waals surface area (Å²) in [5.74, 6) is -2.36. The van der Waals surface area contributed by atoms with Crippen LogP contribution in [0.3, 0.4) is 0 Å². The first-order chi connectivity index (χ1) is 15.1. The number of thiophene rings is 1. The van der Waals surface area contributed by atoms with Gasteiger partial charge >= 0.3 is 18.1 Å². The van der Waals surface area contributed by atoms with E-state index in [1.54, 1.807) is 6.92 Å². The number of fused-ring (bicyclic) bond motifs is 1. The molecule has 2 aromatic rings. The first-order valence-corrected chi connectivity index (χ1v) is 10.5. The van der Waals surface area contributed by atoms with Crippen LogP contribution in [0.4, 0.5) is 18.2 Å². The van der Waals surface area contributed by atoms with Gasteiger partial charge in [-0.25, -0.2) is 4.79 Å². The minimum absolute atomic E-state index is 0.170. The predicted molar refractivity (Wildman–Crippen MR) is 108 cm³/mol. The number of pyridine rings is 1. The molecule has 32 heavy (non-hydrogen) atoms. The van der Waals surface area contributed by atoms with Gasteiger partial charge in [-0.2, -0.15) is 13.2 Å². The van der Waals surface area contributed by atoms with Gasteiger partial charge in [0.15, 0.2) is 6.61 Å². The molecule has 12 heteroatoms. The van der Waals surface area contributed by atoms with Gasteiger partial charge in [0.25, 0.3) is 11.5 Å². The average molecular weight is 472 g/mol. The van der Waals surface area contributed by atoms with Crippen LogP contribution in [-0.2, 0) is 44.6 Å². The van der Waals surface area contributed by atoms with Crippen molar-refractivity contribution in [2.45, 2.75) is 38.9 Å². The summed E-state index contributed by atoms with van der Waals surface area (Å²) in [4.78, 5) is 49.2. The molecule has 3 rings (SSSR count). The molecule has 0 spiro atoms. The van der Waals surface area contributed by atoms with Crippen molar-refractivity contribution in [2.24, 2.45) is 0 Å². The van der Waals surface area contributed by atoms with Gasteiger partial charge in [0.2, 0.25) is 0 Å². The third-order valence-electron chi connectivity index (χ3n) is 4.63. The summed E-state index contributed by atoms with van der Waals surface area (Å²) in [5, 5.41) is 2.82. The van der Waals surface area contributed by atoms with E-state index in [1.807, 2.05) is 0 Å². The van der Waals surface area contributed by atoms with E-state index in [0.29, 0.717) is 39.9 Å². The van der Waals surface area contributed by atoms with Crippen LogP contribution in [0.15, 0.2) is 23.1 Å². The number of nitrogens with zero attached hydrogens (tertiary/aromatic N) is 1. The molecule has 0 unspecified atom stereocenters. The van der Waals surface area contributed by atoms with Crippen LogP contribution in [0.2, 0.25) is 0 Å². The summed E-state index contributed by atoms with van der Waals surface area (Å²) in [6, 6.07) is 1.30. The van der Waals surface area contributed by atoms with Crippen LogP contribution < -0.4 is 10.9 Å². The number of alkyl halides is 3. The van der Waals surface area contributed by atoms with Crippen LogP contribution >= 0.6 is 11.3 Å². The molecule has 2 heterocycles. The summed E-state index contributed by atoms with van der Waals surface area (Å²) in [5.41, 5.74) is -0.796. The predicted octanol–water partition coefficient (Wildman–Crippen LogP) is 2.78. The van der Waals surface area contributed by atoms with Gasteiger partial charge < -0.3 is 19.4 Å². The summed E-state index contributed by atoms with van der Waals surface area (Å²) >= 11 is 1.25. The van der Waals surface area contributed by atoms with Gasteiger partial charge in [0.05, 0.1) is 17.7 Å². The van der Waals surface area contributed by atoms with Gasteiger partial charge in [-0.05, 0) is 37.8 Å². The second-order valence-electron chi connectivity index (χ2n) is 6.87. The zero-order valence-electron chi connectivity index (χ0n) is 16.9. The summed E-state index contributed by atoms with van der Waals surface area (Å²) in [7, 11) is 0. The van der Waals surface area contributed by atoms with Crippen molar-refractivity contribution in [3.8, 4) is 0 Å². The van der Waals surface area contributed by atoms with E-state index in [9.17, 15) is 32.3 Å². The van der Waals surface area contributed by atoms with E-state index in [4.69, 9.17) is 9.47 Å². The van der Waals surface area contributed by atoms with Gasteiger partial charge in [0.1, 0.15) is 11.5 Å². The highest BCUT2D eigenvalue weighted by molar-refractivity contribution is 7.17. The molecule has 0 bridgehead atoms. The lowest BCUT2D eigenvalue weighted by Crippen LogP contribution is -2.28. The molecule has 2 aromatic heterocycles. The fourth-order valence-corrected chi connectivity index (χ4v) is 4.52. The Kier molecular flexibility index (Phi) is 7.02. The van der Waals surface area contributed by atoms with E-state index >= 15 is 0 Å². The maximum Gasteiger partial charge on any atom is 0.417 e. The normalized spacial score (nSPS) is 12.9. The fourth-order valence-electron chi connectivity index (χ4n) is 3.23. The zero-order valence-corrected chi connectivity index (χ0v) is 17.7. The first-order valence-electron chi connectivity index (χ1n) is 9.65. The number of hydrogen-bond acceptors (Lipinski definition) is 7. The second kappa shape index (κ2) is 9.55. The molecule has 1 amide bonds. The number of nitrogens with one attached hydrogen (secondary N) is 1. The number of ether oxygens (including phenoxy) is 2. The SMILES string of the molecule is CCOC(=O)c1c(NC(=O)COC(=O)Cn2cc(C(F)(F)F)ccc2=O)sc2c1CCC2. The number of anilines is 1. The highest BCUT2D eigenvalue weighted by Gasteiger charge is 2.31. The number of halogens is 3. The highest BCUT2D eigenvalue weighted by atomic mass is 32.1. The van der Waals surface area contributed by atoms with Crippen LogP contribution in [-0.4, -0.2) is 35.6 Å². The number of esters is 2. The van der Waals surface area contributed by atoms with Gasteiger partial charge in [-0.1, -0.05) is 0 Å². The van der Waals surface area contributed by atoms with Crippen LogP contribution in [0.5, 0.6) is 0 Å². The molecule has 0 saturated carbocycles. The van der Waals surface area contributed by atoms with Crippen molar-refractivity contribution in [1.82, 2.24) is 4.57 Å². The molecule has 0 aliphatic heterocycles. The van der Waals surface area contributed by atoms with Crippen molar-refractivity contribution in [2.75, 3.05) is 18.5 Å². The minimum Gasteiger partial charge on any atom is -0.462 e. The lowest BCUT2D eigenvalue weighted by Gasteiger charge is -2.11. The molecular formula is C20H19F3N2O6S. The van der Waals surface area contributed by atoms with Crippen molar-refractivity contribution in [1.29, 1.82) is 0 Å². The Balaban J connectivity index is 1.62. The Morgan fingerprint density at radius 3 is 2.62 bits per heavy atom. The lowest BCUT2D eigenvalue weighted by atomic mass is 10.1. The molecule has 0 radical (unpaired) electrons. The van der Waals surface area contributed by atoms with Crippen molar-refractivity contribution in [3.05, 3.63) is 50.3 Å². The van der Waals surface area contributed by atoms with Gasteiger partial charge in [-0.15, -0.1) is 11.3 Å². The Morgan fingerprint density at radius 1 is 1.19 bits per heavy atom. The smallest absolute Gasteiger partial charge is 0.417 e. The lowest BCUT2D eigenvalue weighted by molar-refractivity contribution is -0.148. The molecule has 0 saturated heterocycles. The van der Waals surface area contributed by atoms with Gasteiger partial charge in [-0.3, -0.25) is 14.4 Å². The van der Waals surface area contributed by atoms with Crippen LogP contribution in [0.25, 0.3) is 0 Å². The molecule has 1 aliphatic carbocycles. The summed E-state index contributed by atoms with van der Waals surface area (Å²) < 4.78 is 48.7. The van der Waals surface area contributed by atoms with Crippen LogP contribution in [0, 0.1) is 0 Å². The third-order valence-corrected chi connectivity index (χ3v) is 5.84. The third kappa shape index (κ3) is 5.36. The second-order valence-corrected chi connectivity index (χ2v) is 7.98. The van der Waals surface area contributed by atoms with Crippen molar-refractivity contribution >= 4 is 34.2 Å². The van der Waals surface area contributed by atoms with E-state index in [2.05, 4.69) is 5.32 Å². The Labute approximate surface area is 183 Å². The molecule has 0 aromatic carbocycles. The van der Waals surface area contributed by atoms with E-state index in [0.717, 1.165) is 23.3 Å². The number of aromatic nitrogens is 1. The monoisotopic (exact) mass is 472 g/mol. The molecule has 1 aliphatic rings. The zero-order chi connectivity index (χ0) is 23.5. The molecule has 1 N–H and O–H groups in total. The maximum absolute atomic E-state index is 12.8. The topological polar surface area (TPSA) is 104 Å². The quantitative estimate of drug-likeness (QED) is 0.622. The van der Waals surface area contributed by atoms with Gasteiger partial charge in [0, 0.05) is 17.1 Å². The summed E-state index contributed by atoms with van der Waals surface area (Å²) in [6.07, 6.45) is -1.81. The number of amides is 1. The average Bonchev–Trinajstić information content (AvgIpc) is 3.28. The minimum atomic E-state index is -4.68. The Hall–Kier alpha value is -3.15. The standard InChI is InChI=1S/C20H19F3N2O6S/c1-2-30-19(29)17-12-4-3-5-13(12)32-18(17)24-14(26)10-31-16(28)9-25-8-11(20(21,22)23)6-7-15(25)27/h6-8H,2-5,9-10H2,1H3,(H,24,26). The van der Waals surface area contributed by atoms with Crippen molar-refractivity contribution in [3.63, 3.8) is 0 Å². The Morgan fingerprint density at radius 2 is 1.94 bits per heavy atom. The highest BCUT2D eigenvalue weighted by Crippen LogP contribution is 2.39. The number of rotatable bonds is 7. The first kappa shape index (κ1) is 23.5. The van der Waals surface area contributed by atoms with E-state index < -0.39 is 48.3 Å². The van der Waals surface area contributed by atoms with Crippen molar-refractivity contribution < 1.29 is 37.0 Å². The Bertz CT molecular complexity index is 1110. The van der Waals surface area contributed by atoms with E-state index in [1.165, 1.54) is 11.3 Å². The van der Waals surface area contributed by atoms with E-state index in [-0.39, 0.29) is 6.61 Å². The summed E-state index contributed by atoms with van der Waals surface area (Å²) in [6.45, 7) is 0.302. The fraction of sp³-hybridized carbons (Fsp3) is 0.400. The number of carbonyl (C=O) groups excluding carboxylic acids is 3. The maximum atomic E-state index is 12.8. The number of hydrogen-bond donors (Lipinski definition) is 1. The largest absolute Gasteiger partial charge is 0.462 e.